The van der Waals surface area contributed by atoms with Gasteiger partial charge in [0.05, 0.1) is 23.8 Å². The molecule has 0 fully saturated rings. The van der Waals surface area contributed by atoms with Crippen molar-refractivity contribution in [3.63, 3.8) is 0 Å². The Balaban J connectivity index is 1.96. The van der Waals surface area contributed by atoms with Crippen molar-refractivity contribution in [3.05, 3.63) is 39.9 Å². The fraction of sp³-hybridized carbons (Fsp3) is 0.500. The van der Waals surface area contributed by atoms with Crippen LogP contribution >= 0.6 is 23.2 Å². The van der Waals surface area contributed by atoms with Crippen molar-refractivity contribution < 1.29 is 0 Å². The third kappa shape index (κ3) is 4.90. The van der Waals surface area contributed by atoms with E-state index < -0.39 is 0 Å². The van der Waals surface area contributed by atoms with Gasteiger partial charge >= 0.3 is 0 Å². The quantitative estimate of drug-likeness (QED) is 0.589. The van der Waals surface area contributed by atoms with Gasteiger partial charge in [-0.2, -0.15) is 5.10 Å². The fourth-order valence-electron chi connectivity index (χ4n) is 2.56. The van der Waals surface area contributed by atoms with E-state index in [-0.39, 0.29) is 6.04 Å². The molecule has 2 N–H and O–H groups in total. The molecule has 2 aromatic heterocycles. The topological polar surface area (TPSA) is 62.4 Å². The van der Waals surface area contributed by atoms with Gasteiger partial charge < -0.3 is 20.1 Å². The molecular weight excluding hydrogens is 361 g/mol. The van der Waals surface area contributed by atoms with Crippen LogP contribution in [-0.2, 0) is 20.6 Å². The number of halogens is 2. The standard InChI is InChI=1S/C16H25Cl2N7/c1-19-16(20-8-12-6-13(17)15(18)25(12)5)21-9-14(23(2)3)11-7-22-24(4)10-11/h6-7,10,14H,8-9H2,1-5H3,(H2,19,20,21). The summed E-state index contributed by atoms with van der Waals surface area (Å²) < 4.78 is 3.66. The van der Waals surface area contributed by atoms with Gasteiger partial charge in [0.1, 0.15) is 5.15 Å². The lowest BCUT2D eigenvalue weighted by Crippen LogP contribution is -2.41. The Bertz CT molecular complexity index is 733. The number of guanidine groups is 1. The summed E-state index contributed by atoms with van der Waals surface area (Å²) in [4.78, 5) is 6.42. The van der Waals surface area contributed by atoms with Crippen molar-refractivity contribution in [2.45, 2.75) is 12.6 Å². The van der Waals surface area contributed by atoms with E-state index in [1.807, 2.05) is 55.9 Å². The zero-order valence-electron chi connectivity index (χ0n) is 15.2. The van der Waals surface area contributed by atoms with E-state index in [4.69, 9.17) is 23.2 Å². The third-order valence-corrected chi connectivity index (χ3v) is 4.91. The molecule has 2 heterocycles. The largest absolute Gasteiger partial charge is 0.354 e. The first-order valence-electron chi connectivity index (χ1n) is 7.92. The van der Waals surface area contributed by atoms with Crippen LogP contribution in [0.1, 0.15) is 17.3 Å². The molecular formula is C16H25Cl2N7. The van der Waals surface area contributed by atoms with Crippen LogP contribution < -0.4 is 10.6 Å². The lowest BCUT2D eigenvalue weighted by atomic mass is 10.1. The Kier molecular flexibility index (Phi) is 6.75. The zero-order valence-corrected chi connectivity index (χ0v) is 16.7. The normalized spacial score (nSPS) is 13.4. The van der Waals surface area contributed by atoms with Gasteiger partial charge in [-0.1, -0.05) is 23.2 Å². The van der Waals surface area contributed by atoms with E-state index in [0.717, 1.165) is 11.3 Å². The van der Waals surface area contributed by atoms with Crippen molar-refractivity contribution in [2.24, 2.45) is 19.1 Å². The van der Waals surface area contributed by atoms with Crippen LogP contribution in [-0.4, -0.2) is 52.9 Å². The number of rotatable bonds is 6. The minimum atomic E-state index is 0.186. The molecule has 0 aliphatic rings. The first-order valence-corrected chi connectivity index (χ1v) is 8.68. The maximum atomic E-state index is 6.10. The van der Waals surface area contributed by atoms with Gasteiger partial charge in [-0.05, 0) is 20.2 Å². The average Bonchev–Trinajstić information content (AvgIpc) is 3.09. The van der Waals surface area contributed by atoms with Gasteiger partial charge in [-0.15, -0.1) is 0 Å². The Morgan fingerprint density at radius 2 is 2.04 bits per heavy atom. The molecule has 0 spiro atoms. The zero-order chi connectivity index (χ0) is 18.6. The number of likely N-dealkylation sites (N-methyl/N-ethyl adjacent to an activating group) is 1. The maximum absolute atomic E-state index is 6.10. The third-order valence-electron chi connectivity index (χ3n) is 4.07. The molecule has 2 aromatic rings. The van der Waals surface area contributed by atoms with Crippen molar-refractivity contribution in [3.8, 4) is 0 Å². The van der Waals surface area contributed by atoms with E-state index >= 15 is 0 Å². The number of hydrogen-bond acceptors (Lipinski definition) is 3. The number of nitrogens with one attached hydrogen (secondary N) is 2. The highest BCUT2D eigenvalue weighted by molar-refractivity contribution is 6.41. The van der Waals surface area contributed by atoms with E-state index in [9.17, 15) is 0 Å². The molecule has 2 rings (SSSR count). The van der Waals surface area contributed by atoms with E-state index in [1.54, 1.807) is 7.05 Å². The highest BCUT2D eigenvalue weighted by Crippen LogP contribution is 2.24. The monoisotopic (exact) mass is 385 g/mol. The molecule has 0 amide bonds. The van der Waals surface area contributed by atoms with Crippen molar-refractivity contribution in [2.75, 3.05) is 27.7 Å². The Hall–Kier alpha value is -1.70. The molecule has 7 nitrogen and oxygen atoms in total. The van der Waals surface area contributed by atoms with Crippen LogP contribution in [0.5, 0.6) is 0 Å². The second-order valence-electron chi connectivity index (χ2n) is 6.07. The van der Waals surface area contributed by atoms with Crippen LogP contribution in [0.3, 0.4) is 0 Å². The van der Waals surface area contributed by atoms with E-state index in [2.05, 4.69) is 25.6 Å². The second kappa shape index (κ2) is 8.60. The van der Waals surface area contributed by atoms with Gasteiger partial charge in [0.15, 0.2) is 5.96 Å². The smallest absolute Gasteiger partial charge is 0.191 e. The molecule has 0 aromatic carbocycles. The van der Waals surface area contributed by atoms with Gasteiger partial charge in [-0.25, -0.2) is 0 Å². The molecule has 0 aliphatic carbocycles. The number of aliphatic imine (C=N–C) groups is 1. The predicted octanol–water partition coefficient (Wildman–Crippen LogP) is 2.03. The van der Waals surface area contributed by atoms with Gasteiger partial charge in [0.2, 0.25) is 0 Å². The van der Waals surface area contributed by atoms with Gasteiger partial charge in [-0.3, -0.25) is 9.67 Å². The fourth-order valence-corrected chi connectivity index (χ4v) is 2.97. The molecule has 1 unspecified atom stereocenters. The minimum Gasteiger partial charge on any atom is -0.354 e. The van der Waals surface area contributed by atoms with Gasteiger partial charge in [0, 0.05) is 45.1 Å². The van der Waals surface area contributed by atoms with Crippen LogP contribution in [0.25, 0.3) is 0 Å². The summed E-state index contributed by atoms with van der Waals surface area (Å²) in [5.74, 6) is 0.712. The minimum absolute atomic E-state index is 0.186. The Labute approximate surface area is 158 Å². The van der Waals surface area contributed by atoms with Crippen LogP contribution in [0.2, 0.25) is 10.2 Å². The molecule has 1 atom stereocenters. The number of nitrogens with zero attached hydrogens (tertiary/aromatic N) is 5. The van der Waals surface area contributed by atoms with Crippen LogP contribution in [0.15, 0.2) is 23.5 Å². The molecule has 9 heteroatoms. The number of hydrogen-bond donors (Lipinski definition) is 2. The molecule has 0 bridgehead atoms. The molecule has 0 aliphatic heterocycles. The molecule has 25 heavy (non-hydrogen) atoms. The Morgan fingerprint density at radius 3 is 2.52 bits per heavy atom. The highest BCUT2D eigenvalue weighted by atomic mass is 35.5. The summed E-state index contributed by atoms with van der Waals surface area (Å²) in [6, 6.07) is 2.04. The van der Waals surface area contributed by atoms with Crippen molar-refractivity contribution in [1.82, 2.24) is 29.9 Å². The predicted molar refractivity (Wildman–Crippen MR) is 103 cm³/mol. The summed E-state index contributed by atoms with van der Waals surface area (Å²) in [5, 5.41) is 12.0. The van der Waals surface area contributed by atoms with Crippen LogP contribution in [0, 0.1) is 0 Å². The second-order valence-corrected chi connectivity index (χ2v) is 6.83. The SMILES string of the molecule is CN=C(NCc1cc(Cl)c(Cl)n1C)NCC(c1cnn(C)c1)N(C)C. The first kappa shape index (κ1) is 19.6. The molecule has 0 radical (unpaired) electrons. The highest BCUT2D eigenvalue weighted by Gasteiger charge is 2.16. The van der Waals surface area contributed by atoms with Crippen molar-refractivity contribution >= 4 is 29.2 Å². The van der Waals surface area contributed by atoms with E-state index in [0.29, 0.717) is 29.2 Å². The van der Waals surface area contributed by atoms with Crippen LogP contribution in [0.4, 0.5) is 0 Å². The molecule has 0 saturated carbocycles. The summed E-state index contributed by atoms with van der Waals surface area (Å²) >= 11 is 12.2. The number of aromatic nitrogens is 3. The molecule has 0 saturated heterocycles. The summed E-state index contributed by atoms with van der Waals surface area (Å²) in [6.07, 6.45) is 3.91. The average molecular weight is 386 g/mol. The Morgan fingerprint density at radius 1 is 1.32 bits per heavy atom. The van der Waals surface area contributed by atoms with E-state index in [1.165, 1.54) is 0 Å². The number of aryl methyl sites for hydroxylation is 1. The lowest BCUT2D eigenvalue weighted by Gasteiger charge is -2.24. The first-order chi connectivity index (χ1) is 11.8. The van der Waals surface area contributed by atoms with Gasteiger partial charge in [0.25, 0.3) is 0 Å². The van der Waals surface area contributed by atoms with Crippen molar-refractivity contribution in [1.29, 1.82) is 0 Å². The summed E-state index contributed by atoms with van der Waals surface area (Å²) in [7, 11) is 9.63. The summed E-state index contributed by atoms with van der Waals surface area (Å²) in [5.41, 5.74) is 2.13. The molecule has 138 valence electrons. The lowest BCUT2D eigenvalue weighted by molar-refractivity contribution is 0.298. The maximum Gasteiger partial charge on any atom is 0.191 e. The summed E-state index contributed by atoms with van der Waals surface area (Å²) in [6.45, 7) is 1.27.